The first-order valence-electron chi connectivity index (χ1n) is 8.81. The van der Waals surface area contributed by atoms with Crippen molar-refractivity contribution in [2.75, 3.05) is 31.1 Å². The van der Waals surface area contributed by atoms with Crippen LogP contribution >= 0.6 is 0 Å². The first-order valence-corrected chi connectivity index (χ1v) is 8.81. The number of carbonyl (C=O) groups is 1. The van der Waals surface area contributed by atoms with Crippen molar-refractivity contribution < 1.29 is 13.9 Å². The quantitative estimate of drug-likeness (QED) is 0.893. The van der Waals surface area contributed by atoms with Gasteiger partial charge in [-0.1, -0.05) is 0 Å². The lowest BCUT2D eigenvalue weighted by atomic mass is 9.83. The van der Waals surface area contributed by atoms with Gasteiger partial charge in [0.1, 0.15) is 11.3 Å². The molecule has 2 aliphatic rings. The molecule has 7 nitrogen and oxygen atoms in total. The zero-order valence-corrected chi connectivity index (χ0v) is 14.7. The fourth-order valence-corrected chi connectivity index (χ4v) is 3.61. The Morgan fingerprint density at radius 3 is 2.81 bits per heavy atom. The number of hydrogen-bond donors (Lipinski definition) is 1. The van der Waals surface area contributed by atoms with E-state index >= 15 is 0 Å². The molecule has 1 atom stereocenters. The van der Waals surface area contributed by atoms with Crippen molar-refractivity contribution in [1.29, 1.82) is 0 Å². The second kappa shape index (κ2) is 6.68. The molecule has 1 N–H and O–H groups in total. The van der Waals surface area contributed by atoms with Gasteiger partial charge in [0, 0.05) is 19.8 Å². The van der Waals surface area contributed by atoms with Gasteiger partial charge >= 0.3 is 0 Å². The highest BCUT2D eigenvalue weighted by molar-refractivity contribution is 5.92. The van der Waals surface area contributed by atoms with Crippen molar-refractivity contribution in [1.82, 2.24) is 19.9 Å². The largest absolute Gasteiger partial charge is 0.371 e. The molecule has 1 amide bonds. The van der Waals surface area contributed by atoms with Gasteiger partial charge in [-0.25, -0.2) is 14.4 Å². The summed E-state index contributed by atoms with van der Waals surface area (Å²) in [4.78, 5) is 22.2. The predicted octanol–water partition coefficient (Wildman–Crippen LogP) is 1.37. The van der Waals surface area contributed by atoms with Gasteiger partial charge in [0.2, 0.25) is 5.95 Å². The average Bonchev–Trinajstić information content (AvgIpc) is 3.05. The first kappa shape index (κ1) is 17.0. The number of rotatable bonds is 4. The molecular weight excluding hydrogens is 337 g/mol. The number of aromatic nitrogens is 3. The van der Waals surface area contributed by atoms with Crippen LogP contribution in [0.25, 0.3) is 0 Å². The maximum Gasteiger partial charge on any atom is 0.267 e. The summed E-state index contributed by atoms with van der Waals surface area (Å²) in [5.41, 5.74) is 0.503. The van der Waals surface area contributed by atoms with Crippen molar-refractivity contribution in [3.05, 3.63) is 42.2 Å². The molecular formula is C18H22FN5O2. The van der Waals surface area contributed by atoms with Crippen LogP contribution in [-0.2, 0) is 11.8 Å². The van der Waals surface area contributed by atoms with Gasteiger partial charge in [0.05, 0.1) is 32.1 Å². The van der Waals surface area contributed by atoms with Crippen LogP contribution in [0.3, 0.4) is 0 Å². The zero-order valence-electron chi connectivity index (χ0n) is 14.7. The fourth-order valence-electron chi connectivity index (χ4n) is 3.61. The van der Waals surface area contributed by atoms with E-state index in [0.29, 0.717) is 30.7 Å². The SMILES string of the molecule is Cn1cccc1C(=O)NC[C@@H]1CCC2(CN(c3ncc(F)cn3)C2)OC1. The number of amides is 1. The molecule has 2 aliphatic heterocycles. The third-order valence-corrected chi connectivity index (χ3v) is 5.21. The minimum atomic E-state index is -0.432. The second-order valence-electron chi connectivity index (χ2n) is 7.17. The molecule has 0 unspecified atom stereocenters. The van der Waals surface area contributed by atoms with E-state index in [4.69, 9.17) is 4.74 Å². The number of nitrogens with zero attached hydrogens (tertiary/aromatic N) is 4. The highest BCUT2D eigenvalue weighted by atomic mass is 19.1. The van der Waals surface area contributed by atoms with E-state index in [9.17, 15) is 9.18 Å². The number of nitrogens with one attached hydrogen (secondary N) is 1. The van der Waals surface area contributed by atoms with Crippen molar-refractivity contribution in [3.8, 4) is 0 Å². The van der Waals surface area contributed by atoms with E-state index in [1.54, 1.807) is 0 Å². The Labute approximate surface area is 151 Å². The molecule has 2 saturated heterocycles. The monoisotopic (exact) mass is 359 g/mol. The number of anilines is 1. The molecule has 2 aromatic heterocycles. The van der Waals surface area contributed by atoms with Gasteiger partial charge in [0.25, 0.3) is 5.91 Å². The van der Waals surface area contributed by atoms with E-state index in [1.807, 2.05) is 34.8 Å². The maximum atomic E-state index is 12.9. The summed E-state index contributed by atoms with van der Waals surface area (Å²) in [5, 5.41) is 2.99. The number of aryl methyl sites for hydroxylation is 1. The van der Waals surface area contributed by atoms with E-state index in [-0.39, 0.29) is 11.5 Å². The van der Waals surface area contributed by atoms with Crippen molar-refractivity contribution in [3.63, 3.8) is 0 Å². The molecule has 4 rings (SSSR count). The number of halogens is 1. The summed E-state index contributed by atoms with van der Waals surface area (Å²) >= 11 is 0. The molecule has 2 fully saturated rings. The van der Waals surface area contributed by atoms with Crippen LogP contribution in [0.2, 0.25) is 0 Å². The second-order valence-corrected chi connectivity index (χ2v) is 7.17. The summed E-state index contributed by atoms with van der Waals surface area (Å²) < 4.78 is 20.8. The minimum absolute atomic E-state index is 0.0546. The van der Waals surface area contributed by atoms with Crippen molar-refractivity contribution >= 4 is 11.9 Å². The molecule has 2 aromatic rings. The topological polar surface area (TPSA) is 72.3 Å². The number of ether oxygens (including phenoxy) is 1. The van der Waals surface area contributed by atoms with Gasteiger partial charge in [-0.05, 0) is 30.9 Å². The van der Waals surface area contributed by atoms with Gasteiger partial charge in [-0.15, -0.1) is 0 Å². The fraction of sp³-hybridized carbons (Fsp3) is 0.500. The number of hydrogen-bond acceptors (Lipinski definition) is 5. The Hall–Kier alpha value is -2.48. The van der Waals surface area contributed by atoms with Gasteiger partial charge in [0.15, 0.2) is 5.82 Å². The molecule has 0 saturated carbocycles. The lowest BCUT2D eigenvalue weighted by Crippen LogP contribution is -2.65. The van der Waals surface area contributed by atoms with Gasteiger partial charge in [-0.2, -0.15) is 0 Å². The zero-order chi connectivity index (χ0) is 18.1. The summed E-state index contributed by atoms with van der Waals surface area (Å²) in [6, 6.07) is 3.66. The first-order chi connectivity index (χ1) is 12.5. The molecule has 1 spiro atoms. The van der Waals surface area contributed by atoms with E-state index in [2.05, 4.69) is 15.3 Å². The van der Waals surface area contributed by atoms with Crippen LogP contribution in [0.15, 0.2) is 30.7 Å². The van der Waals surface area contributed by atoms with E-state index < -0.39 is 5.82 Å². The van der Waals surface area contributed by atoms with Crippen molar-refractivity contribution in [2.24, 2.45) is 13.0 Å². The summed E-state index contributed by atoms with van der Waals surface area (Å²) in [7, 11) is 1.86. The van der Waals surface area contributed by atoms with Crippen LogP contribution < -0.4 is 10.2 Å². The molecule has 4 heterocycles. The van der Waals surface area contributed by atoms with Crippen LogP contribution in [0.1, 0.15) is 23.3 Å². The van der Waals surface area contributed by atoms with Crippen molar-refractivity contribution in [2.45, 2.75) is 18.4 Å². The Morgan fingerprint density at radius 2 is 2.19 bits per heavy atom. The third-order valence-electron chi connectivity index (χ3n) is 5.21. The van der Waals surface area contributed by atoms with Crippen LogP contribution in [0, 0.1) is 11.7 Å². The standard InChI is InChI=1S/C18H22FN5O2/c1-23-6-2-3-15(23)16(25)20-7-13-4-5-18(26-10-13)11-24(12-18)17-21-8-14(19)9-22-17/h2-3,6,8-9,13H,4-5,7,10-12H2,1H3,(H,20,25)/t13-/m0/s1. The minimum Gasteiger partial charge on any atom is -0.371 e. The Kier molecular flexibility index (Phi) is 4.36. The van der Waals surface area contributed by atoms with Gasteiger partial charge in [-0.3, -0.25) is 4.79 Å². The number of carbonyl (C=O) groups excluding carboxylic acids is 1. The maximum absolute atomic E-state index is 12.9. The Bertz CT molecular complexity index is 775. The lowest BCUT2D eigenvalue weighted by Gasteiger charge is -2.52. The van der Waals surface area contributed by atoms with Gasteiger partial charge < -0.3 is 19.5 Å². The Balaban J connectivity index is 1.23. The smallest absolute Gasteiger partial charge is 0.267 e. The lowest BCUT2D eigenvalue weighted by molar-refractivity contribution is -0.115. The third kappa shape index (κ3) is 3.29. The van der Waals surface area contributed by atoms with E-state index in [0.717, 1.165) is 25.9 Å². The molecule has 138 valence electrons. The highest BCUT2D eigenvalue weighted by Crippen LogP contribution is 2.37. The molecule has 0 aliphatic carbocycles. The summed E-state index contributed by atoms with van der Waals surface area (Å²) in [5.74, 6) is 0.373. The van der Waals surface area contributed by atoms with Crippen LogP contribution in [0.4, 0.5) is 10.3 Å². The average molecular weight is 359 g/mol. The molecule has 26 heavy (non-hydrogen) atoms. The molecule has 8 heteroatoms. The molecule has 0 bridgehead atoms. The summed E-state index contributed by atoms with van der Waals surface area (Å²) in [6.45, 7) is 2.69. The normalized spacial score (nSPS) is 21.5. The predicted molar refractivity (Wildman–Crippen MR) is 93.4 cm³/mol. The molecule has 0 radical (unpaired) electrons. The highest BCUT2D eigenvalue weighted by Gasteiger charge is 2.47. The van der Waals surface area contributed by atoms with E-state index in [1.165, 1.54) is 12.4 Å². The molecule has 0 aromatic carbocycles. The Morgan fingerprint density at radius 1 is 1.42 bits per heavy atom. The van der Waals surface area contributed by atoms with Crippen LogP contribution in [0.5, 0.6) is 0 Å². The summed E-state index contributed by atoms with van der Waals surface area (Å²) in [6.07, 6.45) is 6.16. The van der Waals surface area contributed by atoms with Crippen LogP contribution in [-0.4, -0.2) is 52.3 Å².